The van der Waals surface area contributed by atoms with Crippen molar-refractivity contribution in [2.75, 3.05) is 5.32 Å². The molecule has 0 saturated heterocycles. The number of thiocarbonyl (C=S) groups is 1. The van der Waals surface area contributed by atoms with Crippen molar-refractivity contribution in [3.05, 3.63) is 28.2 Å². The van der Waals surface area contributed by atoms with Gasteiger partial charge < -0.3 is 11.1 Å². The van der Waals surface area contributed by atoms with Gasteiger partial charge in [0.05, 0.1) is 0 Å². The number of nitrogens with one attached hydrogen (secondary N) is 1. The average molecular weight is 341 g/mol. The van der Waals surface area contributed by atoms with Gasteiger partial charge in [0, 0.05) is 21.8 Å². The molecule has 2 nitrogen and oxygen atoms in total. The molecule has 0 aliphatic heterocycles. The van der Waals surface area contributed by atoms with Crippen LogP contribution in [0.2, 0.25) is 0 Å². The summed E-state index contributed by atoms with van der Waals surface area (Å²) in [5.74, 6) is 1.57. The van der Waals surface area contributed by atoms with Gasteiger partial charge in [-0.3, -0.25) is 0 Å². The minimum Gasteiger partial charge on any atom is -0.389 e. The van der Waals surface area contributed by atoms with Gasteiger partial charge in [0.2, 0.25) is 0 Å². The van der Waals surface area contributed by atoms with Crippen molar-refractivity contribution in [1.29, 1.82) is 0 Å². The van der Waals surface area contributed by atoms with E-state index in [1.807, 2.05) is 12.1 Å². The molecule has 1 aliphatic rings. The highest BCUT2D eigenvalue weighted by Crippen LogP contribution is 2.33. The Hall–Kier alpha value is -0.610. The van der Waals surface area contributed by atoms with Crippen LogP contribution >= 0.6 is 28.1 Å². The van der Waals surface area contributed by atoms with Crippen LogP contribution < -0.4 is 11.1 Å². The molecule has 1 aromatic carbocycles. The van der Waals surface area contributed by atoms with E-state index in [9.17, 15) is 0 Å². The second-order valence-corrected chi connectivity index (χ2v) is 7.00. The molecule has 0 bridgehead atoms. The van der Waals surface area contributed by atoms with E-state index < -0.39 is 0 Å². The predicted molar refractivity (Wildman–Crippen MR) is 89.6 cm³/mol. The molecule has 104 valence electrons. The van der Waals surface area contributed by atoms with Crippen molar-refractivity contribution >= 4 is 38.8 Å². The predicted octanol–water partition coefficient (Wildman–Crippen LogP) is 4.32. The van der Waals surface area contributed by atoms with E-state index >= 15 is 0 Å². The Bertz CT molecular complexity index is 475. The first-order valence-corrected chi connectivity index (χ1v) is 8.03. The SMILES string of the molecule is CC1CCC(Nc2ccc(C(N)=S)cc2Br)C(C)C1. The number of hydrogen-bond acceptors (Lipinski definition) is 2. The number of nitrogens with two attached hydrogens (primary N) is 1. The van der Waals surface area contributed by atoms with Crippen LogP contribution in [-0.4, -0.2) is 11.0 Å². The van der Waals surface area contributed by atoms with Crippen LogP contribution in [0.1, 0.15) is 38.7 Å². The maximum atomic E-state index is 5.64. The third-order valence-corrected chi connectivity index (χ3v) is 4.92. The summed E-state index contributed by atoms with van der Waals surface area (Å²) in [6.45, 7) is 4.68. The lowest BCUT2D eigenvalue weighted by atomic mass is 9.80. The summed E-state index contributed by atoms with van der Waals surface area (Å²) < 4.78 is 1.03. The molecular formula is C15H21BrN2S. The lowest BCUT2D eigenvalue weighted by Gasteiger charge is -2.34. The summed E-state index contributed by atoms with van der Waals surface area (Å²) in [5, 5.41) is 3.65. The van der Waals surface area contributed by atoms with Crippen molar-refractivity contribution in [1.82, 2.24) is 0 Å². The fourth-order valence-corrected chi connectivity index (χ4v) is 3.49. The molecule has 2 rings (SSSR count). The second kappa shape index (κ2) is 6.23. The first kappa shape index (κ1) is 14.8. The lowest BCUT2D eigenvalue weighted by Crippen LogP contribution is -2.33. The van der Waals surface area contributed by atoms with Crippen LogP contribution in [0.25, 0.3) is 0 Å². The molecule has 3 N–H and O–H groups in total. The quantitative estimate of drug-likeness (QED) is 0.804. The fraction of sp³-hybridized carbons (Fsp3) is 0.533. The molecular weight excluding hydrogens is 320 g/mol. The zero-order chi connectivity index (χ0) is 14.0. The van der Waals surface area contributed by atoms with Gasteiger partial charge in [0.25, 0.3) is 0 Å². The summed E-state index contributed by atoms with van der Waals surface area (Å²) in [7, 11) is 0. The molecule has 1 fully saturated rings. The number of hydrogen-bond donors (Lipinski definition) is 2. The van der Waals surface area contributed by atoms with Crippen LogP contribution in [0, 0.1) is 11.8 Å². The van der Waals surface area contributed by atoms with E-state index in [1.165, 1.54) is 19.3 Å². The Balaban J connectivity index is 2.09. The van der Waals surface area contributed by atoms with E-state index in [0.29, 0.717) is 16.9 Å². The Kier molecular flexibility index (Phi) is 4.85. The zero-order valence-corrected chi connectivity index (χ0v) is 13.9. The highest BCUT2D eigenvalue weighted by molar-refractivity contribution is 9.10. The molecule has 0 radical (unpaired) electrons. The monoisotopic (exact) mass is 340 g/mol. The average Bonchev–Trinajstić information content (AvgIpc) is 2.34. The van der Waals surface area contributed by atoms with Crippen LogP contribution in [0.5, 0.6) is 0 Å². The molecule has 0 aromatic heterocycles. The molecule has 1 aromatic rings. The third kappa shape index (κ3) is 3.69. The Labute approximate surface area is 129 Å². The molecule has 0 heterocycles. The van der Waals surface area contributed by atoms with Gasteiger partial charge in [-0.25, -0.2) is 0 Å². The largest absolute Gasteiger partial charge is 0.389 e. The smallest absolute Gasteiger partial charge is 0.104 e. The van der Waals surface area contributed by atoms with E-state index in [-0.39, 0.29) is 0 Å². The molecule has 0 amide bonds. The van der Waals surface area contributed by atoms with Crippen LogP contribution in [0.15, 0.2) is 22.7 Å². The van der Waals surface area contributed by atoms with Crippen molar-refractivity contribution in [3.63, 3.8) is 0 Å². The van der Waals surface area contributed by atoms with Gasteiger partial charge in [-0.1, -0.05) is 26.1 Å². The summed E-state index contributed by atoms with van der Waals surface area (Å²) >= 11 is 8.59. The summed E-state index contributed by atoms with van der Waals surface area (Å²) in [4.78, 5) is 0.437. The minimum atomic E-state index is 0.437. The number of anilines is 1. The third-order valence-electron chi connectivity index (χ3n) is 4.03. The topological polar surface area (TPSA) is 38.0 Å². The van der Waals surface area contributed by atoms with Crippen LogP contribution in [0.3, 0.4) is 0 Å². The molecule has 0 spiro atoms. The first-order chi connectivity index (χ1) is 8.97. The van der Waals surface area contributed by atoms with Crippen molar-refractivity contribution in [3.8, 4) is 0 Å². The van der Waals surface area contributed by atoms with Crippen molar-refractivity contribution in [2.45, 2.75) is 39.2 Å². The highest BCUT2D eigenvalue weighted by atomic mass is 79.9. The first-order valence-electron chi connectivity index (χ1n) is 6.83. The second-order valence-electron chi connectivity index (χ2n) is 5.71. The van der Waals surface area contributed by atoms with Gasteiger partial charge in [0.15, 0.2) is 0 Å². The lowest BCUT2D eigenvalue weighted by molar-refractivity contribution is 0.276. The number of benzene rings is 1. The van der Waals surface area contributed by atoms with Gasteiger partial charge >= 0.3 is 0 Å². The summed E-state index contributed by atoms with van der Waals surface area (Å²) in [6.07, 6.45) is 3.86. The molecule has 19 heavy (non-hydrogen) atoms. The maximum absolute atomic E-state index is 5.64. The number of rotatable bonds is 3. The van der Waals surface area contributed by atoms with E-state index in [2.05, 4.69) is 41.2 Å². The molecule has 1 saturated carbocycles. The zero-order valence-electron chi connectivity index (χ0n) is 11.4. The molecule has 3 unspecified atom stereocenters. The maximum Gasteiger partial charge on any atom is 0.104 e. The highest BCUT2D eigenvalue weighted by Gasteiger charge is 2.25. The van der Waals surface area contributed by atoms with E-state index in [1.54, 1.807) is 0 Å². The van der Waals surface area contributed by atoms with Crippen molar-refractivity contribution in [2.24, 2.45) is 17.6 Å². The summed E-state index contributed by atoms with van der Waals surface area (Å²) in [6, 6.07) is 6.58. The van der Waals surface area contributed by atoms with Gasteiger partial charge in [0.1, 0.15) is 4.99 Å². The minimum absolute atomic E-state index is 0.437. The van der Waals surface area contributed by atoms with Gasteiger partial charge in [-0.05, 0) is 65.2 Å². The Morgan fingerprint density at radius 3 is 2.68 bits per heavy atom. The Morgan fingerprint density at radius 2 is 2.11 bits per heavy atom. The van der Waals surface area contributed by atoms with E-state index in [4.69, 9.17) is 18.0 Å². The standard InChI is InChI=1S/C15H21BrN2S/c1-9-3-5-13(10(2)7-9)18-14-6-4-11(15(17)19)8-12(14)16/h4,6,8-10,13,18H,3,5,7H2,1-2H3,(H2,17,19). The molecule has 1 aliphatic carbocycles. The molecule has 4 heteroatoms. The Morgan fingerprint density at radius 1 is 1.37 bits per heavy atom. The normalized spacial score (nSPS) is 27.0. The summed E-state index contributed by atoms with van der Waals surface area (Å²) in [5.41, 5.74) is 7.68. The van der Waals surface area contributed by atoms with Gasteiger partial charge in [-0.2, -0.15) is 0 Å². The fourth-order valence-electron chi connectivity index (χ4n) is 2.86. The molecule has 3 atom stereocenters. The van der Waals surface area contributed by atoms with Crippen LogP contribution in [0.4, 0.5) is 5.69 Å². The van der Waals surface area contributed by atoms with Gasteiger partial charge in [-0.15, -0.1) is 0 Å². The van der Waals surface area contributed by atoms with E-state index in [0.717, 1.165) is 21.6 Å². The van der Waals surface area contributed by atoms with Crippen LogP contribution in [-0.2, 0) is 0 Å². The number of halogens is 1. The van der Waals surface area contributed by atoms with Crippen molar-refractivity contribution < 1.29 is 0 Å².